The fraction of sp³-hybridized carbons (Fsp3) is 0.288. The average Bonchev–Trinajstić information content (AvgIpc) is 4.11. The normalized spacial score (nSPS) is 15.9. The minimum absolute atomic E-state index is 0.0672. The highest BCUT2D eigenvalue weighted by molar-refractivity contribution is 9.10. The molecule has 70 heavy (non-hydrogen) atoms. The van der Waals surface area contributed by atoms with E-state index in [2.05, 4.69) is 49.1 Å². The summed E-state index contributed by atoms with van der Waals surface area (Å²) in [5.41, 5.74) is 6.58. The van der Waals surface area contributed by atoms with Gasteiger partial charge in [-0.1, -0.05) is 42.8 Å². The average molecular weight is 1030 g/mol. The summed E-state index contributed by atoms with van der Waals surface area (Å²) in [4.78, 5) is 52.7. The lowest BCUT2D eigenvalue weighted by Crippen LogP contribution is -2.50. The molecule has 0 radical (unpaired) electrons. The van der Waals surface area contributed by atoms with Crippen molar-refractivity contribution in [3.05, 3.63) is 151 Å². The zero-order chi connectivity index (χ0) is 49.2. The number of hydrogen-bond donors (Lipinski definition) is 5. The number of rotatable bonds is 20. The Kier molecular flexibility index (Phi) is 16.3. The summed E-state index contributed by atoms with van der Waals surface area (Å²) in [5.74, 6) is -0.170. The first kappa shape index (κ1) is 49.8. The standard InChI is InChI=1S/C52H55BBrF2N7O6S/c1-61-28-24-37-30-45(54)47(64)32-43(37)44(33-61)36-11-13-38(14-12-36)60-51(67)23-27-59-50(66)22-26-58-49(65)7-3-2-4-25-57-52(68)34-69-42-19-9-35(10-20-42)8-15-39-16-17-40-31-41-18-21-46(48-6-5-29-70-48)63(41)53(55,56)62(39)40/h5-6,8-21,29-32,44,64H,2-4,7,22-28,33-34H2,1H3,(H,57,68)(H,58,65)(H,59,66)(H,60,67)/b15-8+. The van der Waals surface area contributed by atoms with E-state index >= 15 is 8.63 Å². The van der Waals surface area contributed by atoms with Gasteiger partial charge in [0.1, 0.15) is 11.5 Å². The van der Waals surface area contributed by atoms with Crippen LogP contribution in [0.3, 0.4) is 0 Å². The number of nitrogens with one attached hydrogen (secondary N) is 4. The smallest absolute Gasteiger partial charge is 0.507 e. The number of carbonyl (C=O) groups is 4. The fourth-order valence-corrected chi connectivity index (χ4v) is 10.0. The van der Waals surface area contributed by atoms with Crippen LogP contribution in [-0.2, 0) is 25.6 Å². The largest absolute Gasteiger partial charge is 0.737 e. The molecule has 0 bridgehead atoms. The van der Waals surface area contributed by atoms with Crippen molar-refractivity contribution < 1.29 is 42.1 Å². The Bertz CT molecular complexity index is 2850. The number of phenols is 1. The van der Waals surface area contributed by atoms with Gasteiger partial charge >= 0.3 is 6.97 Å². The lowest BCUT2D eigenvalue weighted by molar-refractivity contribution is -0.360. The van der Waals surface area contributed by atoms with Gasteiger partial charge in [-0.05, 0) is 131 Å². The van der Waals surface area contributed by atoms with E-state index in [1.165, 1.54) is 16.9 Å². The molecule has 18 heteroatoms. The van der Waals surface area contributed by atoms with E-state index in [4.69, 9.17) is 4.74 Å². The van der Waals surface area contributed by atoms with Crippen molar-refractivity contribution in [2.45, 2.75) is 50.9 Å². The van der Waals surface area contributed by atoms with E-state index in [-0.39, 0.29) is 67.8 Å². The Hall–Kier alpha value is -6.63. The molecule has 5 heterocycles. The summed E-state index contributed by atoms with van der Waals surface area (Å²) in [5, 5.41) is 23.5. The van der Waals surface area contributed by atoms with Crippen molar-refractivity contribution in [2.24, 2.45) is 0 Å². The minimum atomic E-state index is -4.14. The van der Waals surface area contributed by atoms with E-state index in [9.17, 15) is 24.3 Å². The molecule has 0 spiro atoms. The van der Waals surface area contributed by atoms with Gasteiger partial charge in [0, 0.05) is 93.2 Å². The number of thiophene rings is 1. The maximum absolute atomic E-state index is 16.1. The van der Waals surface area contributed by atoms with Crippen LogP contribution in [-0.4, -0.2) is 102 Å². The van der Waals surface area contributed by atoms with Gasteiger partial charge in [0.15, 0.2) is 18.0 Å². The lowest BCUT2D eigenvalue weighted by atomic mass is 9.88. The summed E-state index contributed by atoms with van der Waals surface area (Å²) in [6.07, 6.45) is 12.1. The first-order chi connectivity index (χ1) is 33.8. The Morgan fingerprint density at radius 2 is 1.60 bits per heavy atom. The third kappa shape index (κ3) is 12.4. The minimum Gasteiger partial charge on any atom is -0.507 e. The molecular formula is C52H55BBrF2N7O6S. The van der Waals surface area contributed by atoms with E-state index in [0.29, 0.717) is 64.5 Å². The van der Waals surface area contributed by atoms with Crippen LogP contribution < -0.4 is 26.0 Å². The molecule has 0 saturated heterocycles. The first-order valence-corrected chi connectivity index (χ1v) is 25.1. The van der Waals surface area contributed by atoms with Crippen LogP contribution in [0.4, 0.5) is 14.3 Å². The molecule has 13 nitrogen and oxygen atoms in total. The van der Waals surface area contributed by atoms with Crippen molar-refractivity contribution in [1.82, 2.24) is 25.3 Å². The number of nitrogens with zero attached hydrogens (tertiary/aromatic N) is 3. The molecule has 0 fully saturated rings. The number of phenolic OH excluding ortho intramolecular Hbond substituents is 1. The zero-order valence-corrected chi connectivity index (χ0v) is 41.2. The van der Waals surface area contributed by atoms with Crippen LogP contribution in [0.5, 0.6) is 11.5 Å². The number of halogens is 3. The number of hydrogen-bond acceptors (Lipinski definition) is 8. The first-order valence-electron chi connectivity index (χ1n) is 23.5. The molecule has 3 aliphatic rings. The lowest BCUT2D eigenvalue weighted by Gasteiger charge is -2.30. The quantitative estimate of drug-likeness (QED) is 0.0389. The number of aromatic nitrogens is 1. The number of fused-ring (bicyclic) bond motifs is 3. The number of allylic oxidation sites excluding steroid dienone is 2. The second kappa shape index (κ2) is 22.9. The summed E-state index contributed by atoms with van der Waals surface area (Å²) in [7, 11) is 2.09. The molecule has 5 aromatic rings. The van der Waals surface area contributed by atoms with Gasteiger partial charge in [-0.25, -0.2) is 0 Å². The molecule has 1 unspecified atom stereocenters. The van der Waals surface area contributed by atoms with Crippen molar-refractivity contribution >= 4 is 87.5 Å². The van der Waals surface area contributed by atoms with Crippen LogP contribution >= 0.6 is 27.3 Å². The number of anilines is 1. The summed E-state index contributed by atoms with van der Waals surface area (Å²) in [6, 6.07) is 25.7. The van der Waals surface area contributed by atoms with Gasteiger partial charge in [-0.3, -0.25) is 19.2 Å². The Morgan fingerprint density at radius 3 is 2.36 bits per heavy atom. The Labute approximate surface area is 418 Å². The molecular weight excluding hydrogens is 979 g/mol. The number of benzene rings is 3. The molecule has 2 aromatic heterocycles. The number of likely N-dealkylation sites (N-methyl/N-ethyl adjacent to an activating group) is 1. The number of aromatic hydroxyl groups is 1. The molecule has 4 amide bonds. The van der Waals surface area contributed by atoms with Gasteiger partial charge in [0.25, 0.3) is 5.91 Å². The summed E-state index contributed by atoms with van der Waals surface area (Å²) < 4.78 is 40.8. The van der Waals surface area contributed by atoms with Crippen molar-refractivity contribution in [3.63, 3.8) is 0 Å². The predicted octanol–water partition coefficient (Wildman–Crippen LogP) is 8.16. The number of ether oxygens (including phenoxy) is 1. The molecule has 5 N–H and O–H groups in total. The zero-order valence-electron chi connectivity index (χ0n) is 38.8. The molecule has 1 atom stereocenters. The van der Waals surface area contributed by atoms with Crippen molar-refractivity contribution in [3.8, 4) is 11.5 Å². The van der Waals surface area contributed by atoms with Crippen molar-refractivity contribution in [1.29, 1.82) is 0 Å². The van der Waals surface area contributed by atoms with Crippen LogP contribution in [0.25, 0.3) is 18.2 Å². The van der Waals surface area contributed by atoms with Gasteiger partial charge < -0.3 is 53.6 Å². The van der Waals surface area contributed by atoms with E-state index < -0.39 is 6.97 Å². The highest BCUT2D eigenvalue weighted by atomic mass is 79.9. The molecule has 3 aliphatic heterocycles. The van der Waals surface area contributed by atoms with Crippen LogP contribution in [0.15, 0.2) is 113 Å². The predicted molar refractivity (Wildman–Crippen MR) is 275 cm³/mol. The van der Waals surface area contributed by atoms with Gasteiger partial charge in [0.05, 0.1) is 9.35 Å². The fourth-order valence-electron chi connectivity index (χ4n) is 8.87. The Balaban J connectivity index is 0.655. The highest BCUT2D eigenvalue weighted by Gasteiger charge is 2.52. The van der Waals surface area contributed by atoms with Crippen LogP contribution in [0, 0.1) is 0 Å². The van der Waals surface area contributed by atoms with Gasteiger partial charge in [-0.15, -0.1) is 11.3 Å². The molecule has 3 aromatic carbocycles. The summed E-state index contributed by atoms with van der Waals surface area (Å²) >= 11 is 4.86. The third-order valence-corrected chi connectivity index (χ3v) is 14.0. The topological polar surface area (TPSA) is 157 Å². The third-order valence-electron chi connectivity index (χ3n) is 12.5. The molecule has 0 aliphatic carbocycles. The van der Waals surface area contributed by atoms with Gasteiger partial charge in [-0.2, -0.15) is 0 Å². The van der Waals surface area contributed by atoms with Crippen molar-refractivity contribution in [2.75, 3.05) is 51.7 Å². The number of carbonyl (C=O) groups excluding carboxylic acids is 4. The second-order valence-corrected chi connectivity index (χ2v) is 19.4. The maximum atomic E-state index is 16.1. The maximum Gasteiger partial charge on any atom is 0.737 e. The highest BCUT2D eigenvalue weighted by Crippen LogP contribution is 2.38. The summed E-state index contributed by atoms with van der Waals surface area (Å²) in [6.45, 7) is -1.82. The molecule has 364 valence electrons. The van der Waals surface area contributed by atoms with E-state index in [1.807, 2.05) is 53.9 Å². The SMILES string of the molecule is CN1CCc2cc(Br)c(O)cc2C(c2ccc(NC(=O)CCNC(=O)CCNC(=O)CCCCCNC(=O)COc3ccc(/C=C/c4ccc5n4[B-](F)(F)[N+]4=C(c6cccs6)C=CC4=C5)cc3)cc2)C1. The van der Waals surface area contributed by atoms with Crippen LogP contribution in [0.1, 0.15) is 83.0 Å². The Morgan fingerprint density at radius 1 is 0.857 bits per heavy atom. The molecule has 8 rings (SSSR count). The number of unbranched alkanes of at least 4 members (excludes halogenated alkanes) is 2. The monoisotopic (exact) mass is 1030 g/mol. The molecule has 0 saturated carbocycles. The van der Waals surface area contributed by atoms with E-state index in [1.54, 1.807) is 66.8 Å². The number of amides is 4. The second-order valence-electron chi connectivity index (χ2n) is 17.6. The van der Waals surface area contributed by atoms with Gasteiger partial charge in [0.2, 0.25) is 17.7 Å². The van der Waals surface area contributed by atoms with E-state index in [0.717, 1.165) is 56.5 Å². The van der Waals surface area contributed by atoms with Crippen LogP contribution in [0.2, 0.25) is 0 Å².